The van der Waals surface area contributed by atoms with Crippen LogP contribution in [0.4, 0.5) is 5.82 Å². The first-order valence-corrected chi connectivity index (χ1v) is 11.7. The second-order valence-corrected chi connectivity index (χ2v) is 9.54. The van der Waals surface area contributed by atoms with Gasteiger partial charge in [0, 0.05) is 15.3 Å². The van der Waals surface area contributed by atoms with Gasteiger partial charge in [-0.15, -0.1) is 0 Å². The number of rotatable bonds is 3. The molecule has 0 saturated heterocycles. The van der Waals surface area contributed by atoms with E-state index in [2.05, 4.69) is 66.3 Å². The molecule has 1 aromatic carbocycles. The number of benzene rings is 1. The Morgan fingerprint density at radius 1 is 1.14 bits per heavy atom. The van der Waals surface area contributed by atoms with Crippen LogP contribution in [0.3, 0.4) is 0 Å². The zero-order valence-corrected chi connectivity index (χ0v) is 19.8. The van der Waals surface area contributed by atoms with Gasteiger partial charge in [0.2, 0.25) is 0 Å². The van der Waals surface area contributed by atoms with Gasteiger partial charge in [-0.1, -0.05) is 25.0 Å². The van der Waals surface area contributed by atoms with Gasteiger partial charge in [0.1, 0.15) is 15.8 Å². The molecule has 29 heavy (non-hydrogen) atoms. The van der Waals surface area contributed by atoms with Crippen LogP contribution in [-0.2, 0) is 6.54 Å². The van der Waals surface area contributed by atoms with Gasteiger partial charge in [0.25, 0.3) is 5.56 Å². The number of anilines is 1. The quantitative estimate of drug-likeness (QED) is 0.352. The van der Waals surface area contributed by atoms with Crippen LogP contribution in [0.1, 0.15) is 37.4 Å². The zero-order chi connectivity index (χ0) is 20.1. The van der Waals surface area contributed by atoms with E-state index in [0.717, 1.165) is 54.8 Å². The number of pyridine rings is 1. The van der Waals surface area contributed by atoms with E-state index in [1.165, 1.54) is 6.33 Å². The Morgan fingerprint density at radius 3 is 2.72 bits per heavy atom. The van der Waals surface area contributed by atoms with E-state index in [9.17, 15) is 4.79 Å². The van der Waals surface area contributed by atoms with Crippen molar-refractivity contribution in [1.82, 2.24) is 24.3 Å². The summed E-state index contributed by atoms with van der Waals surface area (Å²) in [6, 6.07) is 8.35. The number of nitrogens with zero attached hydrogens (tertiary/aromatic N) is 5. The Labute approximate surface area is 194 Å². The molecule has 0 amide bonds. The predicted octanol–water partition coefficient (Wildman–Crippen LogP) is 4.10. The van der Waals surface area contributed by atoms with E-state index in [4.69, 9.17) is 5.73 Å². The minimum Gasteiger partial charge on any atom is -0.383 e. The molecule has 0 atom stereocenters. The molecular weight excluding hydrogens is 594 g/mol. The highest BCUT2D eigenvalue weighted by Gasteiger charge is 2.23. The number of halogens is 2. The van der Waals surface area contributed by atoms with Crippen LogP contribution in [0, 0.1) is 7.27 Å². The summed E-state index contributed by atoms with van der Waals surface area (Å²) in [5.41, 5.74) is 7.78. The van der Waals surface area contributed by atoms with Gasteiger partial charge in [-0.25, -0.2) is 14.6 Å². The molecule has 0 aliphatic heterocycles. The lowest BCUT2D eigenvalue weighted by atomic mass is 10.1. The SMILES string of the molecule is Nc1ncnc2c1c(I)nn2Cc1cc2cccc(I)c2c(=O)n1C1CCCC1. The molecule has 5 rings (SSSR count). The standard InChI is InChI=1S/C20H18I2N6O/c21-14-7-3-4-11-8-13(28(20(29)15(11)14)12-5-1-2-6-12)9-27-19-16(17(22)26-27)18(23)24-10-25-19/h3-4,7-8,10,12H,1-2,5-6,9H2,(H2,23,24,25). The minimum atomic E-state index is 0.0923. The summed E-state index contributed by atoms with van der Waals surface area (Å²) in [4.78, 5) is 22.0. The smallest absolute Gasteiger partial charge is 0.260 e. The summed E-state index contributed by atoms with van der Waals surface area (Å²) in [5.74, 6) is 0.423. The summed E-state index contributed by atoms with van der Waals surface area (Å²) in [5, 5.41) is 7.17. The average Bonchev–Trinajstić information content (AvgIpc) is 3.31. The topological polar surface area (TPSA) is 91.6 Å². The van der Waals surface area contributed by atoms with E-state index in [-0.39, 0.29) is 11.6 Å². The summed E-state index contributed by atoms with van der Waals surface area (Å²) >= 11 is 4.41. The second kappa shape index (κ2) is 7.49. The van der Waals surface area contributed by atoms with Crippen molar-refractivity contribution in [3.05, 3.63) is 53.9 Å². The van der Waals surface area contributed by atoms with Crippen molar-refractivity contribution in [2.75, 3.05) is 5.73 Å². The monoisotopic (exact) mass is 612 g/mol. The molecule has 3 heterocycles. The van der Waals surface area contributed by atoms with Crippen LogP contribution in [0.15, 0.2) is 35.4 Å². The molecule has 0 radical (unpaired) electrons. The molecule has 7 nitrogen and oxygen atoms in total. The zero-order valence-electron chi connectivity index (χ0n) is 15.5. The fraction of sp³-hybridized carbons (Fsp3) is 0.300. The number of aromatic nitrogens is 5. The number of nitrogens with two attached hydrogens (primary N) is 1. The molecule has 1 fully saturated rings. The number of hydrogen-bond donors (Lipinski definition) is 1. The number of hydrogen-bond acceptors (Lipinski definition) is 5. The van der Waals surface area contributed by atoms with Gasteiger partial charge in [-0.05, 0) is 75.5 Å². The fourth-order valence-corrected chi connectivity index (χ4v) is 5.85. The van der Waals surface area contributed by atoms with Crippen LogP contribution in [0.2, 0.25) is 0 Å². The van der Waals surface area contributed by atoms with Gasteiger partial charge in [-0.2, -0.15) is 5.10 Å². The molecule has 1 saturated carbocycles. The van der Waals surface area contributed by atoms with Crippen molar-refractivity contribution in [3.8, 4) is 0 Å². The van der Waals surface area contributed by atoms with Gasteiger partial charge in [-0.3, -0.25) is 4.79 Å². The Balaban J connectivity index is 1.74. The van der Waals surface area contributed by atoms with Gasteiger partial charge < -0.3 is 10.3 Å². The molecular formula is C20H18I2N6O. The Hall–Kier alpha value is -1.76. The van der Waals surface area contributed by atoms with E-state index in [1.54, 1.807) is 0 Å². The summed E-state index contributed by atoms with van der Waals surface area (Å²) in [7, 11) is 0. The second-order valence-electron chi connectivity index (χ2n) is 7.36. The maximum absolute atomic E-state index is 13.6. The van der Waals surface area contributed by atoms with Crippen LogP contribution < -0.4 is 11.3 Å². The van der Waals surface area contributed by atoms with Crippen LogP contribution in [-0.4, -0.2) is 24.3 Å². The Bertz CT molecular complexity index is 1310. The summed E-state index contributed by atoms with van der Waals surface area (Å²) in [6.45, 7) is 0.461. The van der Waals surface area contributed by atoms with Crippen molar-refractivity contribution < 1.29 is 0 Å². The predicted molar refractivity (Wildman–Crippen MR) is 130 cm³/mol. The molecule has 0 spiro atoms. The third kappa shape index (κ3) is 3.22. The van der Waals surface area contributed by atoms with E-state index < -0.39 is 0 Å². The van der Waals surface area contributed by atoms with Crippen LogP contribution >= 0.6 is 45.2 Å². The van der Waals surface area contributed by atoms with Crippen LogP contribution in [0.25, 0.3) is 21.8 Å². The van der Waals surface area contributed by atoms with E-state index in [1.807, 2.05) is 27.4 Å². The van der Waals surface area contributed by atoms with Gasteiger partial charge >= 0.3 is 0 Å². The lowest BCUT2D eigenvalue weighted by Crippen LogP contribution is -2.28. The lowest BCUT2D eigenvalue weighted by Gasteiger charge is -2.20. The van der Waals surface area contributed by atoms with E-state index in [0.29, 0.717) is 18.0 Å². The molecule has 4 aromatic rings. The third-order valence-electron chi connectivity index (χ3n) is 5.63. The maximum atomic E-state index is 13.6. The molecule has 2 N–H and O–H groups in total. The number of nitrogen functional groups attached to an aromatic ring is 1. The molecule has 1 aliphatic carbocycles. The lowest BCUT2D eigenvalue weighted by molar-refractivity contribution is 0.475. The van der Waals surface area contributed by atoms with Crippen molar-refractivity contribution in [2.24, 2.45) is 0 Å². The summed E-state index contributed by atoms with van der Waals surface area (Å²) in [6.07, 6.45) is 5.85. The molecule has 9 heteroatoms. The molecule has 1 aliphatic rings. The summed E-state index contributed by atoms with van der Waals surface area (Å²) < 4.78 is 5.58. The minimum absolute atomic E-state index is 0.0923. The van der Waals surface area contributed by atoms with Crippen molar-refractivity contribution >= 4 is 72.8 Å². The molecule has 148 valence electrons. The molecule has 0 unspecified atom stereocenters. The molecule has 0 bridgehead atoms. The van der Waals surface area contributed by atoms with Crippen molar-refractivity contribution in [2.45, 2.75) is 38.3 Å². The van der Waals surface area contributed by atoms with E-state index >= 15 is 0 Å². The normalized spacial score (nSPS) is 15.0. The largest absolute Gasteiger partial charge is 0.383 e. The van der Waals surface area contributed by atoms with Gasteiger partial charge in [0.05, 0.1) is 17.3 Å². The molecule has 3 aromatic heterocycles. The fourth-order valence-electron chi connectivity index (χ4n) is 4.32. The first-order valence-electron chi connectivity index (χ1n) is 9.49. The first-order chi connectivity index (χ1) is 14.0. The van der Waals surface area contributed by atoms with Gasteiger partial charge in [0.15, 0.2) is 5.65 Å². The highest BCUT2D eigenvalue weighted by molar-refractivity contribution is 14.1. The van der Waals surface area contributed by atoms with Crippen molar-refractivity contribution in [1.29, 1.82) is 0 Å². The third-order valence-corrected chi connectivity index (χ3v) is 7.28. The Morgan fingerprint density at radius 2 is 1.93 bits per heavy atom. The number of fused-ring (bicyclic) bond motifs is 2. The first kappa shape index (κ1) is 19.2. The average molecular weight is 612 g/mol. The Kier molecular flexibility index (Phi) is 4.96. The maximum Gasteiger partial charge on any atom is 0.260 e. The highest BCUT2D eigenvalue weighted by atomic mass is 127. The van der Waals surface area contributed by atoms with Crippen molar-refractivity contribution in [3.63, 3.8) is 0 Å². The van der Waals surface area contributed by atoms with Crippen LogP contribution in [0.5, 0.6) is 0 Å². The highest BCUT2D eigenvalue weighted by Crippen LogP contribution is 2.31.